The minimum absolute atomic E-state index is 0.0213. The second kappa shape index (κ2) is 12.2. The molecule has 41 heavy (non-hydrogen) atoms. The first-order valence-electron chi connectivity index (χ1n) is 14.5. The number of amides is 1. The van der Waals surface area contributed by atoms with E-state index in [4.69, 9.17) is 4.74 Å². The number of aromatic nitrogens is 2. The number of nitrogens with zero attached hydrogens (tertiary/aromatic N) is 2. The van der Waals surface area contributed by atoms with E-state index in [1.165, 1.54) is 0 Å². The molecule has 0 radical (unpaired) electrons. The SMILES string of the molecule is COc1cc(C)[nH]c(=O)c1CCC(=O)c1c(C)n([C@H](C)C2CCN(C(=O)Cc3ccccc3)CC2)c2ccccc12. The van der Waals surface area contributed by atoms with Crippen molar-refractivity contribution in [2.24, 2.45) is 5.92 Å². The molecule has 0 bridgehead atoms. The Balaban J connectivity index is 1.33. The standard InChI is InChI=1S/C34H39N3O4/c1-22-20-31(41-4)28(34(40)35-22)14-15-30(38)33-24(3)37(29-13-9-8-12-27(29)33)23(2)26-16-18-36(19-17-26)32(39)21-25-10-6-5-7-11-25/h5-13,20,23,26H,14-19,21H2,1-4H3,(H,35,40)/t23-/m1/s1. The van der Waals surface area contributed by atoms with Crippen molar-refractivity contribution < 1.29 is 14.3 Å². The Labute approximate surface area is 241 Å². The molecule has 1 saturated heterocycles. The molecule has 1 amide bonds. The fourth-order valence-corrected chi connectivity index (χ4v) is 6.46. The molecule has 1 aliphatic rings. The number of aryl methyl sites for hydroxylation is 1. The first-order valence-corrected chi connectivity index (χ1v) is 14.5. The van der Waals surface area contributed by atoms with Gasteiger partial charge in [0, 0.05) is 53.4 Å². The molecule has 3 heterocycles. The largest absolute Gasteiger partial charge is 0.496 e. The summed E-state index contributed by atoms with van der Waals surface area (Å²) in [6.07, 6.45) is 2.81. The molecule has 214 valence electrons. The lowest BCUT2D eigenvalue weighted by atomic mass is 9.89. The lowest BCUT2D eigenvalue weighted by Crippen LogP contribution is -2.40. The molecule has 0 spiro atoms. The number of pyridine rings is 1. The maximum atomic E-state index is 13.7. The number of fused-ring (bicyclic) bond motifs is 1. The van der Waals surface area contributed by atoms with Gasteiger partial charge in [0.25, 0.3) is 5.56 Å². The molecule has 1 atom stereocenters. The molecule has 7 heteroatoms. The average molecular weight is 554 g/mol. The van der Waals surface area contributed by atoms with Crippen molar-refractivity contribution in [1.29, 1.82) is 0 Å². The van der Waals surface area contributed by atoms with Gasteiger partial charge in [0.05, 0.1) is 19.1 Å². The Morgan fingerprint density at radius 2 is 1.71 bits per heavy atom. The van der Waals surface area contributed by atoms with E-state index in [1.807, 2.05) is 67.3 Å². The van der Waals surface area contributed by atoms with Gasteiger partial charge in [-0.05, 0) is 63.6 Å². The van der Waals surface area contributed by atoms with E-state index in [9.17, 15) is 14.4 Å². The number of likely N-dealkylation sites (tertiary alicyclic amines) is 1. The van der Waals surface area contributed by atoms with Gasteiger partial charge in [0.2, 0.25) is 5.91 Å². The molecule has 0 saturated carbocycles. The molecule has 2 aromatic carbocycles. The van der Waals surface area contributed by atoms with E-state index >= 15 is 0 Å². The zero-order chi connectivity index (χ0) is 29.1. The first kappa shape index (κ1) is 28.4. The van der Waals surface area contributed by atoms with Crippen molar-refractivity contribution in [2.75, 3.05) is 20.2 Å². The number of Topliss-reactive ketones (excluding diaryl/α,β-unsaturated/α-hetero) is 1. The van der Waals surface area contributed by atoms with Crippen LogP contribution in [0.5, 0.6) is 5.75 Å². The van der Waals surface area contributed by atoms with E-state index in [0.29, 0.717) is 30.1 Å². The van der Waals surface area contributed by atoms with E-state index in [-0.39, 0.29) is 29.7 Å². The number of hydrogen-bond donors (Lipinski definition) is 1. The second-order valence-electron chi connectivity index (χ2n) is 11.2. The third-order valence-corrected chi connectivity index (χ3v) is 8.67. The number of benzene rings is 2. The summed E-state index contributed by atoms with van der Waals surface area (Å²) in [6.45, 7) is 7.57. The van der Waals surface area contributed by atoms with Crippen molar-refractivity contribution in [2.45, 2.75) is 58.9 Å². The van der Waals surface area contributed by atoms with Crippen LogP contribution in [0.4, 0.5) is 0 Å². The maximum absolute atomic E-state index is 13.7. The maximum Gasteiger partial charge on any atom is 0.255 e. The van der Waals surface area contributed by atoms with Crippen LogP contribution in [0.2, 0.25) is 0 Å². The average Bonchev–Trinajstić information content (AvgIpc) is 3.28. The van der Waals surface area contributed by atoms with Crippen molar-refractivity contribution in [3.05, 3.63) is 99.1 Å². The van der Waals surface area contributed by atoms with Crippen LogP contribution in [0, 0.1) is 19.8 Å². The second-order valence-corrected chi connectivity index (χ2v) is 11.2. The monoisotopic (exact) mass is 553 g/mol. The van der Waals surface area contributed by atoms with Gasteiger partial charge < -0.3 is 19.2 Å². The van der Waals surface area contributed by atoms with Crippen LogP contribution in [0.1, 0.15) is 65.1 Å². The van der Waals surface area contributed by atoms with Crippen molar-refractivity contribution in [3.63, 3.8) is 0 Å². The Kier molecular flexibility index (Phi) is 8.43. The summed E-state index contributed by atoms with van der Waals surface area (Å²) < 4.78 is 7.75. The molecule has 0 unspecified atom stereocenters. The molecule has 0 aliphatic carbocycles. The van der Waals surface area contributed by atoms with Crippen molar-refractivity contribution in [3.8, 4) is 5.75 Å². The topological polar surface area (TPSA) is 84.4 Å². The molecule has 5 rings (SSSR count). The predicted molar refractivity (Wildman–Crippen MR) is 162 cm³/mol. The van der Waals surface area contributed by atoms with Crippen molar-refractivity contribution >= 4 is 22.6 Å². The van der Waals surface area contributed by atoms with Crippen LogP contribution in [-0.4, -0.2) is 46.3 Å². The minimum Gasteiger partial charge on any atom is -0.496 e. The van der Waals surface area contributed by atoms with Crippen LogP contribution in [0.3, 0.4) is 0 Å². The number of carbonyl (C=O) groups is 2. The summed E-state index contributed by atoms with van der Waals surface area (Å²) in [7, 11) is 1.54. The van der Waals surface area contributed by atoms with Crippen LogP contribution in [-0.2, 0) is 17.6 Å². The Bertz CT molecular complexity index is 1610. The van der Waals surface area contributed by atoms with Gasteiger partial charge in [-0.2, -0.15) is 0 Å². The highest BCUT2D eigenvalue weighted by Crippen LogP contribution is 2.36. The molecule has 7 nitrogen and oxygen atoms in total. The molecular formula is C34H39N3O4. The van der Waals surface area contributed by atoms with Crippen LogP contribution in [0.25, 0.3) is 10.9 Å². The van der Waals surface area contributed by atoms with Gasteiger partial charge in [0.1, 0.15) is 5.75 Å². The molecule has 4 aromatic rings. The van der Waals surface area contributed by atoms with Crippen LogP contribution in [0.15, 0.2) is 65.5 Å². The zero-order valence-electron chi connectivity index (χ0n) is 24.4. The highest BCUT2D eigenvalue weighted by molar-refractivity contribution is 6.09. The minimum atomic E-state index is -0.212. The molecule has 1 fully saturated rings. The van der Waals surface area contributed by atoms with Gasteiger partial charge in [-0.1, -0.05) is 48.5 Å². The summed E-state index contributed by atoms with van der Waals surface area (Å²) in [5.41, 5.74) is 4.78. The fraction of sp³-hybridized carbons (Fsp3) is 0.382. The third-order valence-electron chi connectivity index (χ3n) is 8.67. The summed E-state index contributed by atoms with van der Waals surface area (Å²) in [6, 6.07) is 20.0. The van der Waals surface area contributed by atoms with Gasteiger partial charge >= 0.3 is 0 Å². The highest BCUT2D eigenvalue weighted by Gasteiger charge is 2.30. The highest BCUT2D eigenvalue weighted by atomic mass is 16.5. The summed E-state index contributed by atoms with van der Waals surface area (Å²) >= 11 is 0. The van der Waals surface area contributed by atoms with Crippen LogP contribution >= 0.6 is 0 Å². The lowest BCUT2D eigenvalue weighted by molar-refractivity contribution is -0.132. The molecule has 2 aromatic heterocycles. The van der Waals surface area contributed by atoms with Gasteiger partial charge in [-0.15, -0.1) is 0 Å². The normalized spacial score (nSPS) is 14.8. The summed E-state index contributed by atoms with van der Waals surface area (Å²) in [4.78, 5) is 44.0. The van der Waals surface area contributed by atoms with Gasteiger partial charge in [-0.25, -0.2) is 0 Å². The number of nitrogens with one attached hydrogen (secondary N) is 1. The van der Waals surface area contributed by atoms with Crippen molar-refractivity contribution in [1.82, 2.24) is 14.5 Å². The first-order chi connectivity index (χ1) is 19.8. The zero-order valence-corrected chi connectivity index (χ0v) is 24.4. The summed E-state index contributed by atoms with van der Waals surface area (Å²) in [5.74, 6) is 1.11. The van der Waals surface area contributed by atoms with E-state index in [1.54, 1.807) is 13.2 Å². The lowest BCUT2D eigenvalue weighted by Gasteiger charge is -2.36. The smallest absolute Gasteiger partial charge is 0.255 e. The predicted octanol–water partition coefficient (Wildman–Crippen LogP) is 5.81. The number of ketones is 1. The van der Waals surface area contributed by atoms with Crippen LogP contribution < -0.4 is 10.3 Å². The van der Waals surface area contributed by atoms with E-state index < -0.39 is 0 Å². The number of piperidine rings is 1. The molecular weight excluding hydrogens is 514 g/mol. The number of ether oxygens (including phenoxy) is 1. The van der Waals surface area contributed by atoms with E-state index in [0.717, 1.165) is 59.3 Å². The van der Waals surface area contributed by atoms with Gasteiger partial charge in [-0.3, -0.25) is 14.4 Å². The number of methoxy groups -OCH3 is 1. The Morgan fingerprint density at radius 1 is 1.02 bits per heavy atom. The molecule has 1 N–H and O–H groups in total. The fourth-order valence-electron chi connectivity index (χ4n) is 6.46. The number of carbonyl (C=O) groups excluding carboxylic acids is 2. The third kappa shape index (κ3) is 5.85. The van der Waals surface area contributed by atoms with Gasteiger partial charge in [0.15, 0.2) is 5.78 Å². The summed E-state index contributed by atoms with van der Waals surface area (Å²) in [5, 5.41) is 0.946. The number of para-hydroxylation sites is 1. The number of hydrogen-bond acceptors (Lipinski definition) is 4. The quantitative estimate of drug-likeness (QED) is 0.265. The van der Waals surface area contributed by atoms with E-state index in [2.05, 4.69) is 22.5 Å². The molecule has 1 aliphatic heterocycles. The number of H-pyrrole nitrogens is 1. The Hall–Kier alpha value is -4.13. The number of rotatable bonds is 9. The number of aromatic amines is 1. The Morgan fingerprint density at radius 3 is 2.41 bits per heavy atom.